The molecule has 0 radical (unpaired) electrons. The zero-order valence-electron chi connectivity index (χ0n) is 12.1. The van der Waals surface area contributed by atoms with E-state index in [1.165, 1.54) is 5.56 Å². The van der Waals surface area contributed by atoms with Crippen LogP contribution in [0.25, 0.3) is 0 Å². The fourth-order valence-corrected chi connectivity index (χ4v) is 2.78. The van der Waals surface area contributed by atoms with Crippen LogP contribution in [0.1, 0.15) is 22.0 Å². The van der Waals surface area contributed by atoms with Crippen molar-refractivity contribution in [2.75, 3.05) is 26.7 Å². The second kappa shape index (κ2) is 6.06. The monoisotopic (exact) mass is 281 g/mol. The Hall–Kier alpha value is -2.20. The number of piperazine rings is 1. The van der Waals surface area contributed by atoms with Crippen LogP contribution in [0.3, 0.4) is 0 Å². The molecule has 2 heterocycles. The Balaban J connectivity index is 1.90. The number of nitrogens with zero attached hydrogens (tertiary/aromatic N) is 3. The van der Waals surface area contributed by atoms with E-state index in [-0.39, 0.29) is 11.9 Å². The second-order valence-electron chi connectivity index (χ2n) is 5.43. The van der Waals surface area contributed by atoms with Gasteiger partial charge in [0.1, 0.15) is 0 Å². The lowest BCUT2D eigenvalue weighted by molar-refractivity contribution is 0.0497. The number of carbonyl (C=O) groups is 1. The zero-order valence-corrected chi connectivity index (χ0v) is 12.1. The Morgan fingerprint density at radius 3 is 2.67 bits per heavy atom. The minimum absolute atomic E-state index is 0.0602. The van der Waals surface area contributed by atoms with E-state index in [1.807, 2.05) is 29.2 Å². The molecule has 0 saturated carbocycles. The Morgan fingerprint density at radius 2 is 1.95 bits per heavy atom. The van der Waals surface area contributed by atoms with Crippen molar-refractivity contribution in [3.05, 3.63) is 66.0 Å². The number of hydrogen-bond donors (Lipinski definition) is 0. The predicted octanol–water partition coefficient (Wildman–Crippen LogP) is 2.21. The van der Waals surface area contributed by atoms with Crippen molar-refractivity contribution >= 4 is 5.91 Å². The quantitative estimate of drug-likeness (QED) is 0.847. The number of pyridine rings is 1. The van der Waals surface area contributed by atoms with Gasteiger partial charge in [-0.15, -0.1) is 0 Å². The van der Waals surface area contributed by atoms with E-state index in [0.29, 0.717) is 5.56 Å². The molecule has 1 atom stereocenters. The number of hydrogen-bond acceptors (Lipinski definition) is 3. The number of benzene rings is 1. The molecule has 108 valence electrons. The summed E-state index contributed by atoms with van der Waals surface area (Å²) in [7, 11) is 2.10. The molecule has 4 heteroatoms. The summed E-state index contributed by atoms with van der Waals surface area (Å²) in [6.45, 7) is 2.50. The molecule has 21 heavy (non-hydrogen) atoms. The smallest absolute Gasteiger partial charge is 0.256 e. The van der Waals surface area contributed by atoms with Crippen LogP contribution in [-0.4, -0.2) is 47.4 Å². The Labute approximate surface area is 125 Å². The lowest BCUT2D eigenvalue weighted by atomic mass is 10.0. The predicted molar refractivity (Wildman–Crippen MR) is 82.0 cm³/mol. The van der Waals surface area contributed by atoms with E-state index >= 15 is 0 Å². The van der Waals surface area contributed by atoms with Gasteiger partial charge in [-0.2, -0.15) is 0 Å². The number of likely N-dealkylation sites (N-methyl/N-ethyl adjacent to an activating group) is 1. The van der Waals surface area contributed by atoms with E-state index in [0.717, 1.165) is 19.6 Å². The molecule has 1 fully saturated rings. The van der Waals surface area contributed by atoms with E-state index in [9.17, 15) is 4.79 Å². The van der Waals surface area contributed by atoms with Crippen LogP contribution >= 0.6 is 0 Å². The Morgan fingerprint density at radius 1 is 1.14 bits per heavy atom. The highest BCUT2D eigenvalue weighted by molar-refractivity contribution is 5.94. The van der Waals surface area contributed by atoms with E-state index < -0.39 is 0 Å². The molecule has 3 rings (SSSR count). The van der Waals surface area contributed by atoms with Crippen molar-refractivity contribution in [3.8, 4) is 0 Å². The average Bonchev–Trinajstić information content (AvgIpc) is 2.56. The van der Waals surface area contributed by atoms with E-state index in [4.69, 9.17) is 0 Å². The third-order valence-electron chi connectivity index (χ3n) is 3.94. The largest absolute Gasteiger partial charge is 0.329 e. The summed E-state index contributed by atoms with van der Waals surface area (Å²) >= 11 is 0. The van der Waals surface area contributed by atoms with Crippen LogP contribution in [0.5, 0.6) is 0 Å². The van der Waals surface area contributed by atoms with Crippen LogP contribution in [-0.2, 0) is 0 Å². The van der Waals surface area contributed by atoms with Gasteiger partial charge in [0.25, 0.3) is 5.91 Å². The summed E-state index contributed by atoms with van der Waals surface area (Å²) in [6, 6.07) is 14.0. The summed E-state index contributed by atoms with van der Waals surface area (Å²) in [5.41, 5.74) is 1.84. The molecule has 1 aromatic heterocycles. The summed E-state index contributed by atoms with van der Waals surface area (Å²) in [6.07, 6.45) is 3.33. The molecule has 0 N–H and O–H groups in total. The first kappa shape index (κ1) is 13.8. The minimum Gasteiger partial charge on any atom is -0.329 e. The molecule has 0 bridgehead atoms. The van der Waals surface area contributed by atoms with Gasteiger partial charge >= 0.3 is 0 Å². The summed E-state index contributed by atoms with van der Waals surface area (Å²) in [5, 5.41) is 0. The molecule has 2 aromatic rings. The Kier molecular flexibility index (Phi) is 3.97. The highest BCUT2D eigenvalue weighted by Crippen LogP contribution is 2.26. The molecule has 1 aliphatic rings. The van der Waals surface area contributed by atoms with Crippen LogP contribution in [0.4, 0.5) is 0 Å². The SMILES string of the molecule is CN1CCN(C(=O)c2cccnc2)C(c2ccccc2)C1. The molecule has 4 nitrogen and oxygen atoms in total. The van der Waals surface area contributed by atoms with Crippen molar-refractivity contribution in [2.45, 2.75) is 6.04 Å². The third kappa shape index (κ3) is 2.95. The maximum atomic E-state index is 12.8. The first-order valence-corrected chi connectivity index (χ1v) is 7.20. The number of aromatic nitrogens is 1. The van der Waals surface area contributed by atoms with Gasteiger partial charge in [0.05, 0.1) is 11.6 Å². The summed E-state index contributed by atoms with van der Waals surface area (Å²) in [5.74, 6) is 0.0602. The van der Waals surface area contributed by atoms with Crippen molar-refractivity contribution in [1.82, 2.24) is 14.8 Å². The molecule has 1 aliphatic heterocycles. The van der Waals surface area contributed by atoms with Crippen molar-refractivity contribution in [1.29, 1.82) is 0 Å². The fraction of sp³-hybridized carbons (Fsp3) is 0.294. The number of amides is 1. The maximum Gasteiger partial charge on any atom is 0.256 e. The molecular weight excluding hydrogens is 262 g/mol. The lowest BCUT2D eigenvalue weighted by Gasteiger charge is -2.40. The molecule has 0 aliphatic carbocycles. The molecule has 1 saturated heterocycles. The topological polar surface area (TPSA) is 36.4 Å². The van der Waals surface area contributed by atoms with Crippen molar-refractivity contribution in [2.24, 2.45) is 0 Å². The summed E-state index contributed by atoms with van der Waals surface area (Å²) in [4.78, 5) is 21.0. The third-order valence-corrected chi connectivity index (χ3v) is 3.94. The highest BCUT2D eigenvalue weighted by atomic mass is 16.2. The Bertz CT molecular complexity index is 600. The second-order valence-corrected chi connectivity index (χ2v) is 5.43. The standard InChI is InChI=1S/C17H19N3O/c1-19-10-11-20(17(21)15-8-5-9-18-12-15)16(13-19)14-6-3-2-4-7-14/h2-9,12,16H,10-11,13H2,1H3. The number of carbonyl (C=O) groups excluding carboxylic acids is 1. The van der Waals surface area contributed by atoms with Gasteiger partial charge in [-0.1, -0.05) is 30.3 Å². The first-order valence-electron chi connectivity index (χ1n) is 7.20. The van der Waals surface area contributed by atoms with Crippen LogP contribution in [0.2, 0.25) is 0 Å². The van der Waals surface area contributed by atoms with E-state index in [2.05, 4.69) is 29.1 Å². The van der Waals surface area contributed by atoms with Gasteiger partial charge in [0.2, 0.25) is 0 Å². The maximum absolute atomic E-state index is 12.8. The molecular formula is C17H19N3O. The molecule has 1 aromatic carbocycles. The van der Waals surface area contributed by atoms with Gasteiger partial charge in [0.15, 0.2) is 0 Å². The first-order chi connectivity index (χ1) is 10.3. The van der Waals surface area contributed by atoms with Gasteiger partial charge in [-0.25, -0.2) is 0 Å². The van der Waals surface area contributed by atoms with Crippen LogP contribution < -0.4 is 0 Å². The highest BCUT2D eigenvalue weighted by Gasteiger charge is 2.30. The number of rotatable bonds is 2. The van der Waals surface area contributed by atoms with E-state index in [1.54, 1.807) is 18.5 Å². The average molecular weight is 281 g/mol. The molecule has 1 unspecified atom stereocenters. The van der Waals surface area contributed by atoms with Gasteiger partial charge < -0.3 is 9.80 Å². The molecule has 0 spiro atoms. The van der Waals surface area contributed by atoms with Gasteiger partial charge in [0, 0.05) is 32.0 Å². The van der Waals surface area contributed by atoms with Crippen molar-refractivity contribution in [3.63, 3.8) is 0 Å². The normalized spacial score (nSPS) is 19.5. The zero-order chi connectivity index (χ0) is 14.7. The summed E-state index contributed by atoms with van der Waals surface area (Å²) < 4.78 is 0. The minimum atomic E-state index is 0.0602. The van der Waals surface area contributed by atoms with Crippen molar-refractivity contribution < 1.29 is 4.79 Å². The van der Waals surface area contributed by atoms with Gasteiger partial charge in [-0.05, 0) is 24.7 Å². The lowest BCUT2D eigenvalue weighted by Crippen LogP contribution is -2.49. The fourth-order valence-electron chi connectivity index (χ4n) is 2.78. The van der Waals surface area contributed by atoms with Crippen LogP contribution in [0, 0.1) is 0 Å². The van der Waals surface area contributed by atoms with Crippen LogP contribution in [0.15, 0.2) is 54.9 Å². The van der Waals surface area contributed by atoms with Gasteiger partial charge in [-0.3, -0.25) is 9.78 Å². The molecule has 1 amide bonds.